The lowest BCUT2D eigenvalue weighted by atomic mass is 9.97. The maximum Gasteiger partial charge on any atom is 0.338 e. The molecule has 0 radical (unpaired) electrons. The molecule has 7 nitrogen and oxygen atoms in total. The van der Waals surface area contributed by atoms with Crippen molar-refractivity contribution in [3.8, 4) is 0 Å². The molecule has 0 bridgehead atoms. The summed E-state index contributed by atoms with van der Waals surface area (Å²) in [5.74, 6) is -0.730. The number of aromatic nitrogens is 2. The molecule has 1 fully saturated rings. The number of benzene rings is 1. The molecule has 1 aliphatic rings. The van der Waals surface area contributed by atoms with E-state index in [0.29, 0.717) is 28.8 Å². The van der Waals surface area contributed by atoms with Gasteiger partial charge in [-0.05, 0) is 72.1 Å². The summed E-state index contributed by atoms with van der Waals surface area (Å²) in [6, 6.07) is 5.21. The van der Waals surface area contributed by atoms with Crippen LogP contribution in [0.5, 0.6) is 0 Å². The molecule has 156 valence electrons. The van der Waals surface area contributed by atoms with Crippen LogP contribution >= 0.6 is 0 Å². The summed E-state index contributed by atoms with van der Waals surface area (Å²) >= 11 is 0. The first kappa shape index (κ1) is 21.0. The topological polar surface area (TPSA) is 81.5 Å². The SMILES string of the molecule is CCn1c(=O)c(C)nc2cc(C(=O)O[C@@H](C)C(=O)N3[C@@H](C)CCC[C@@H]3C)ccc21. The van der Waals surface area contributed by atoms with E-state index in [1.165, 1.54) is 0 Å². The third-order valence-electron chi connectivity index (χ3n) is 5.74. The van der Waals surface area contributed by atoms with Crippen molar-refractivity contribution in [2.45, 2.75) is 78.6 Å². The number of carbonyl (C=O) groups is 2. The molecule has 1 aromatic heterocycles. The summed E-state index contributed by atoms with van der Waals surface area (Å²) in [7, 11) is 0. The van der Waals surface area contributed by atoms with Crippen LogP contribution < -0.4 is 5.56 Å². The van der Waals surface area contributed by atoms with E-state index in [0.717, 1.165) is 19.3 Å². The van der Waals surface area contributed by atoms with E-state index in [4.69, 9.17) is 4.74 Å². The number of likely N-dealkylation sites (tertiary alicyclic amines) is 1. The fraction of sp³-hybridized carbons (Fsp3) is 0.545. The first-order valence-corrected chi connectivity index (χ1v) is 10.3. The number of carbonyl (C=O) groups excluding carboxylic acids is 2. The fourth-order valence-corrected chi connectivity index (χ4v) is 4.16. The third kappa shape index (κ3) is 4.04. The van der Waals surface area contributed by atoms with Crippen LogP contribution in [0.4, 0.5) is 0 Å². The third-order valence-corrected chi connectivity index (χ3v) is 5.74. The lowest BCUT2D eigenvalue weighted by Crippen LogP contribution is -2.51. The fourth-order valence-electron chi connectivity index (χ4n) is 4.16. The molecule has 29 heavy (non-hydrogen) atoms. The second kappa shape index (κ2) is 8.35. The van der Waals surface area contributed by atoms with E-state index < -0.39 is 12.1 Å². The zero-order valence-corrected chi connectivity index (χ0v) is 17.8. The van der Waals surface area contributed by atoms with Crippen molar-refractivity contribution in [3.05, 3.63) is 39.8 Å². The van der Waals surface area contributed by atoms with Crippen molar-refractivity contribution in [1.82, 2.24) is 14.5 Å². The normalized spacial score (nSPS) is 20.5. The van der Waals surface area contributed by atoms with Crippen LogP contribution in [0.25, 0.3) is 11.0 Å². The van der Waals surface area contributed by atoms with Gasteiger partial charge in [0.15, 0.2) is 6.10 Å². The van der Waals surface area contributed by atoms with Gasteiger partial charge in [0.25, 0.3) is 11.5 Å². The molecule has 0 spiro atoms. The number of esters is 1. The van der Waals surface area contributed by atoms with E-state index in [1.807, 2.05) is 25.7 Å². The molecule has 0 unspecified atom stereocenters. The average molecular weight is 399 g/mol. The minimum absolute atomic E-state index is 0.140. The first-order valence-electron chi connectivity index (χ1n) is 10.3. The molecule has 7 heteroatoms. The monoisotopic (exact) mass is 399 g/mol. The number of piperidine rings is 1. The molecular formula is C22H29N3O4. The minimum Gasteiger partial charge on any atom is -0.449 e. The molecule has 3 atom stereocenters. The summed E-state index contributed by atoms with van der Waals surface area (Å²) in [5.41, 5.74) is 1.77. The highest BCUT2D eigenvalue weighted by molar-refractivity contribution is 5.95. The van der Waals surface area contributed by atoms with Crippen LogP contribution in [0, 0.1) is 6.92 Å². The molecule has 3 rings (SSSR count). The Morgan fingerprint density at radius 2 is 1.90 bits per heavy atom. The number of ether oxygens (including phenoxy) is 1. The molecular weight excluding hydrogens is 370 g/mol. The Bertz CT molecular complexity index is 987. The van der Waals surface area contributed by atoms with E-state index in [1.54, 1.807) is 36.6 Å². The van der Waals surface area contributed by atoms with Crippen molar-refractivity contribution >= 4 is 22.9 Å². The quantitative estimate of drug-likeness (QED) is 0.738. The van der Waals surface area contributed by atoms with Crippen molar-refractivity contribution in [3.63, 3.8) is 0 Å². The number of fused-ring (bicyclic) bond motifs is 1. The van der Waals surface area contributed by atoms with Gasteiger partial charge in [-0.3, -0.25) is 9.59 Å². The maximum atomic E-state index is 12.9. The van der Waals surface area contributed by atoms with Gasteiger partial charge in [0.2, 0.25) is 0 Å². The van der Waals surface area contributed by atoms with Gasteiger partial charge >= 0.3 is 5.97 Å². The van der Waals surface area contributed by atoms with Crippen LogP contribution in [0.2, 0.25) is 0 Å². The van der Waals surface area contributed by atoms with Gasteiger partial charge in [-0.15, -0.1) is 0 Å². The Labute approximate surface area is 170 Å². The highest BCUT2D eigenvalue weighted by Crippen LogP contribution is 2.24. The Morgan fingerprint density at radius 3 is 2.52 bits per heavy atom. The largest absolute Gasteiger partial charge is 0.449 e. The van der Waals surface area contributed by atoms with Gasteiger partial charge in [-0.25, -0.2) is 9.78 Å². The second-order valence-electron chi connectivity index (χ2n) is 7.87. The summed E-state index contributed by atoms with van der Waals surface area (Å²) in [5, 5.41) is 0. The zero-order chi connectivity index (χ0) is 21.3. The first-order chi connectivity index (χ1) is 13.7. The highest BCUT2D eigenvalue weighted by Gasteiger charge is 2.33. The molecule has 0 N–H and O–H groups in total. The van der Waals surface area contributed by atoms with Crippen LogP contribution in [-0.4, -0.2) is 44.5 Å². The number of amides is 1. The van der Waals surface area contributed by atoms with E-state index in [-0.39, 0.29) is 23.6 Å². The predicted octanol–water partition coefficient (Wildman–Crippen LogP) is 3.06. The number of rotatable bonds is 4. The predicted molar refractivity (Wildman–Crippen MR) is 111 cm³/mol. The molecule has 2 heterocycles. The van der Waals surface area contributed by atoms with Gasteiger partial charge < -0.3 is 14.2 Å². The Balaban J connectivity index is 1.81. The van der Waals surface area contributed by atoms with E-state index in [9.17, 15) is 14.4 Å². The molecule has 1 saturated heterocycles. The lowest BCUT2D eigenvalue weighted by Gasteiger charge is -2.40. The average Bonchev–Trinajstić information content (AvgIpc) is 2.68. The van der Waals surface area contributed by atoms with Gasteiger partial charge in [0, 0.05) is 18.6 Å². The van der Waals surface area contributed by atoms with Crippen LogP contribution in [0.15, 0.2) is 23.0 Å². The van der Waals surface area contributed by atoms with Crippen LogP contribution in [0.3, 0.4) is 0 Å². The standard InChI is InChI=1S/C22H29N3O4/c1-6-24-19-11-10-17(12-18(19)23-15(4)20(24)26)22(28)29-16(5)21(27)25-13(2)8-7-9-14(25)3/h10-14,16H,6-9H2,1-5H3/t13-,14-,16-/m0/s1. The molecule has 2 aromatic rings. The summed E-state index contributed by atoms with van der Waals surface area (Å²) < 4.78 is 7.10. The van der Waals surface area contributed by atoms with Gasteiger partial charge in [-0.1, -0.05) is 0 Å². The summed E-state index contributed by atoms with van der Waals surface area (Å²) in [4.78, 5) is 43.9. The molecule has 1 amide bonds. The number of hydrogen-bond donors (Lipinski definition) is 0. The van der Waals surface area contributed by atoms with E-state index in [2.05, 4.69) is 4.98 Å². The van der Waals surface area contributed by atoms with Crippen LogP contribution in [-0.2, 0) is 16.1 Å². The Kier molecular flexibility index (Phi) is 6.05. The van der Waals surface area contributed by atoms with Crippen molar-refractivity contribution in [1.29, 1.82) is 0 Å². The van der Waals surface area contributed by atoms with Gasteiger partial charge in [0.05, 0.1) is 16.6 Å². The Hall–Kier alpha value is -2.70. The number of nitrogens with zero attached hydrogens (tertiary/aromatic N) is 3. The minimum atomic E-state index is -0.861. The smallest absolute Gasteiger partial charge is 0.338 e. The summed E-state index contributed by atoms with van der Waals surface area (Å²) in [6.45, 7) is 9.74. The number of hydrogen-bond acceptors (Lipinski definition) is 5. The van der Waals surface area contributed by atoms with Crippen molar-refractivity contribution in [2.75, 3.05) is 0 Å². The Morgan fingerprint density at radius 1 is 1.24 bits per heavy atom. The summed E-state index contributed by atoms with van der Waals surface area (Å²) in [6.07, 6.45) is 2.17. The molecule has 0 aliphatic carbocycles. The molecule has 1 aromatic carbocycles. The van der Waals surface area contributed by atoms with Crippen LogP contribution in [0.1, 0.15) is 63.0 Å². The number of aryl methyl sites for hydroxylation is 2. The molecule has 0 saturated carbocycles. The maximum absolute atomic E-state index is 12.9. The van der Waals surface area contributed by atoms with Crippen molar-refractivity contribution in [2.24, 2.45) is 0 Å². The zero-order valence-electron chi connectivity index (χ0n) is 17.8. The van der Waals surface area contributed by atoms with Crippen molar-refractivity contribution < 1.29 is 14.3 Å². The second-order valence-corrected chi connectivity index (χ2v) is 7.87. The van der Waals surface area contributed by atoms with E-state index >= 15 is 0 Å². The lowest BCUT2D eigenvalue weighted by molar-refractivity contribution is -0.146. The van der Waals surface area contributed by atoms with Gasteiger partial charge in [0.1, 0.15) is 5.69 Å². The molecule has 1 aliphatic heterocycles. The highest BCUT2D eigenvalue weighted by atomic mass is 16.5. The van der Waals surface area contributed by atoms with Gasteiger partial charge in [-0.2, -0.15) is 0 Å².